The molecule has 20 heavy (non-hydrogen) atoms. The van der Waals surface area contributed by atoms with Crippen molar-refractivity contribution < 1.29 is 23.1 Å². The summed E-state index contributed by atoms with van der Waals surface area (Å²) in [5.41, 5.74) is 0.646. The molecule has 0 saturated carbocycles. The largest absolute Gasteiger partial charge is 0.406 e. The molecule has 4 nitrogen and oxygen atoms in total. The third-order valence-corrected chi connectivity index (χ3v) is 2.84. The van der Waals surface area contributed by atoms with Crippen molar-refractivity contribution in [3.05, 3.63) is 36.0 Å². The number of nitrogens with zero attached hydrogens (tertiary/aromatic N) is 1. The first kappa shape index (κ1) is 14.4. The van der Waals surface area contributed by atoms with Crippen molar-refractivity contribution in [3.8, 4) is 0 Å². The molecular weight excluding hydrogens is 273 g/mol. The molecule has 0 saturated heterocycles. The average Bonchev–Trinajstić information content (AvgIpc) is 2.83. The molecule has 7 heteroatoms. The van der Waals surface area contributed by atoms with Crippen LogP contribution in [0.2, 0.25) is 0 Å². The molecule has 0 aliphatic rings. The Kier molecular flexibility index (Phi) is 3.99. The molecule has 0 unspecified atom stereocenters. The van der Waals surface area contributed by atoms with Crippen LogP contribution in [0.15, 0.2) is 30.5 Å². The van der Waals surface area contributed by atoms with E-state index in [1.807, 2.05) is 0 Å². The van der Waals surface area contributed by atoms with Crippen LogP contribution in [0.5, 0.6) is 0 Å². The molecule has 0 atom stereocenters. The van der Waals surface area contributed by atoms with Crippen LogP contribution in [0.4, 0.5) is 13.2 Å². The van der Waals surface area contributed by atoms with Crippen LogP contribution in [-0.4, -0.2) is 46.8 Å². The fourth-order valence-electron chi connectivity index (χ4n) is 2.02. The minimum absolute atomic E-state index is 0.158. The molecule has 2 N–H and O–H groups in total. The number of amides is 1. The van der Waals surface area contributed by atoms with Gasteiger partial charge in [-0.3, -0.25) is 4.79 Å². The number of halogens is 3. The van der Waals surface area contributed by atoms with E-state index in [0.29, 0.717) is 10.4 Å². The summed E-state index contributed by atoms with van der Waals surface area (Å²) in [6.45, 7) is -2.28. The average molecular weight is 286 g/mol. The van der Waals surface area contributed by atoms with Gasteiger partial charge >= 0.3 is 6.18 Å². The van der Waals surface area contributed by atoms with Gasteiger partial charge in [-0.1, -0.05) is 12.1 Å². The first-order valence-corrected chi connectivity index (χ1v) is 5.95. The SMILES string of the molecule is O=C(c1cccc2cc[nH]c12)N(CCO)CC(F)(F)F. The number of fused-ring (bicyclic) bond motifs is 1. The Morgan fingerprint density at radius 1 is 1.30 bits per heavy atom. The van der Waals surface area contributed by atoms with Crippen molar-refractivity contribution in [2.75, 3.05) is 19.7 Å². The van der Waals surface area contributed by atoms with E-state index in [-0.39, 0.29) is 12.1 Å². The first-order chi connectivity index (χ1) is 9.42. The number of alkyl halides is 3. The van der Waals surface area contributed by atoms with Gasteiger partial charge < -0.3 is 15.0 Å². The fourth-order valence-corrected chi connectivity index (χ4v) is 2.02. The zero-order valence-corrected chi connectivity index (χ0v) is 10.4. The van der Waals surface area contributed by atoms with Crippen molar-refractivity contribution >= 4 is 16.8 Å². The number of hydrogen-bond acceptors (Lipinski definition) is 2. The van der Waals surface area contributed by atoms with Gasteiger partial charge in [-0.05, 0) is 12.1 Å². The lowest BCUT2D eigenvalue weighted by molar-refractivity contribution is -0.141. The first-order valence-electron chi connectivity index (χ1n) is 5.95. The summed E-state index contributed by atoms with van der Waals surface area (Å²) in [7, 11) is 0. The van der Waals surface area contributed by atoms with E-state index in [4.69, 9.17) is 5.11 Å². The highest BCUT2D eigenvalue weighted by molar-refractivity contribution is 6.05. The summed E-state index contributed by atoms with van der Waals surface area (Å²) in [5.74, 6) is -0.760. The molecule has 2 rings (SSSR count). The number of aromatic nitrogens is 1. The topological polar surface area (TPSA) is 56.3 Å². The number of aliphatic hydroxyl groups excluding tert-OH is 1. The van der Waals surface area contributed by atoms with Crippen LogP contribution >= 0.6 is 0 Å². The Hall–Kier alpha value is -2.02. The number of benzene rings is 1. The molecule has 1 amide bonds. The highest BCUT2D eigenvalue weighted by atomic mass is 19.4. The van der Waals surface area contributed by atoms with Crippen LogP contribution in [0.3, 0.4) is 0 Å². The Labute approximate surface area is 112 Å². The quantitative estimate of drug-likeness (QED) is 0.905. The summed E-state index contributed by atoms with van der Waals surface area (Å²) in [5, 5.41) is 9.58. The van der Waals surface area contributed by atoms with Crippen molar-refractivity contribution in [1.82, 2.24) is 9.88 Å². The lowest BCUT2D eigenvalue weighted by Gasteiger charge is -2.23. The summed E-state index contributed by atoms with van der Waals surface area (Å²) in [4.78, 5) is 15.6. The predicted molar refractivity (Wildman–Crippen MR) is 67.3 cm³/mol. The lowest BCUT2D eigenvalue weighted by atomic mass is 10.1. The zero-order chi connectivity index (χ0) is 14.8. The lowest BCUT2D eigenvalue weighted by Crippen LogP contribution is -2.40. The van der Waals surface area contributed by atoms with Gasteiger partial charge in [0, 0.05) is 18.1 Å². The number of carbonyl (C=O) groups is 1. The maximum absolute atomic E-state index is 12.5. The molecule has 0 bridgehead atoms. The molecule has 1 heterocycles. The van der Waals surface area contributed by atoms with Gasteiger partial charge in [0.2, 0.25) is 0 Å². The second kappa shape index (κ2) is 5.54. The summed E-state index contributed by atoms with van der Waals surface area (Å²) >= 11 is 0. The smallest absolute Gasteiger partial charge is 0.395 e. The summed E-state index contributed by atoms with van der Waals surface area (Å²) in [6, 6.07) is 6.55. The van der Waals surface area contributed by atoms with Gasteiger partial charge in [-0.15, -0.1) is 0 Å². The van der Waals surface area contributed by atoms with Crippen LogP contribution in [0, 0.1) is 0 Å². The number of nitrogens with one attached hydrogen (secondary N) is 1. The van der Waals surface area contributed by atoms with E-state index < -0.39 is 25.2 Å². The van der Waals surface area contributed by atoms with Crippen LogP contribution in [0.1, 0.15) is 10.4 Å². The zero-order valence-electron chi connectivity index (χ0n) is 10.4. The van der Waals surface area contributed by atoms with E-state index >= 15 is 0 Å². The van der Waals surface area contributed by atoms with Crippen molar-refractivity contribution in [1.29, 1.82) is 0 Å². The van der Waals surface area contributed by atoms with Gasteiger partial charge in [-0.25, -0.2) is 0 Å². The Morgan fingerprint density at radius 3 is 2.70 bits per heavy atom. The molecule has 1 aromatic carbocycles. The van der Waals surface area contributed by atoms with Gasteiger partial charge in [0.1, 0.15) is 6.54 Å². The Balaban J connectivity index is 2.34. The van der Waals surface area contributed by atoms with Gasteiger partial charge in [-0.2, -0.15) is 13.2 Å². The third-order valence-electron chi connectivity index (χ3n) is 2.84. The minimum atomic E-state index is -4.51. The highest BCUT2D eigenvalue weighted by Crippen LogP contribution is 2.21. The molecule has 0 fully saturated rings. The summed E-state index contributed by atoms with van der Waals surface area (Å²) in [6.07, 6.45) is -2.89. The maximum Gasteiger partial charge on any atom is 0.406 e. The van der Waals surface area contributed by atoms with Gasteiger partial charge in [0.15, 0.2) is 0 Å². The Bertz CT molecular complexity index is 607. The van der Waals surface area contributed by atoms with Crippen LogP contribution in [0.25, 0.3) is 10.9 Å². The number of aliphatic hydroxyl groups is 1. The highest BCUT2D eigenvalue weighted by Gasteiger charge is 2.33. The van der Waals surface area contributed by atoms with E-state index in [9.17, 15) is 18.0 Å². The van der Waals surface area contributed by atoms with E-state index in [2.05, 4.69) is 4.98 Å². The van der Waals surface area contributed by atoms with Crippen molar-refractivity contribution in [2.24, 2.45) is 0 Å². The van der Waals surface area contributed by atoms with Crippen LogP contribution in [-0.2, 0) is 0 Å². The summed E-state index contributed by atoms with van der Waals surface area (Å²) < 4.78 is 37.4. The fraction of sp³-hybridized carbons (Fsp3) is 0.308. The maximum atomic E-state index is 12.5. The number of aromatic amines is 1. The van der Waals surface area contributed by atoms with E-state index in [1.54, 1.807) is 24.4 Å². The molecule has 0 aliphatic carbocycles. The van der Waals surface area contributed by atoms with Crippen molar-refractivity contribution in [2.45, 2.75) is 6.18 Å². The normalized spacial score (nSPS) is 11.8. The second-order valence-corrected chi connectivity index (χ2v) is 4.31. The molecular formula is C13H13F3N2O2. The predicted octanol–water partition coefficient (Wildman–Crippen LogP) is 2.16. The van der Waals surface area contributed by atoms with E-state index in [0.717, 1.165) is 5.39 Å². The standard InChI is InChI=1S/C13H13F3N2O2/c14-13(15,16)8-18(6-7-19)12(20)10-3-1-2-9-4-5-17-11(9)10/h1-5,17,19H,6-8H2. The molecule has 0 aliphatic heterocycles. The Morgan fingerprint density at radius 2 is 2.05 bits per heavy atom. The number of rotatable bonds is 4. The molecule has 108 valence electrons. The van der Waals surface area contributed by atoms with Crippen LogP contribution < -0.4 is 0 Å². The third kappa shape index (κ3) is 3.11. The monoisotopic (exact) mass is 286 g/mol. The molecule has 0 radical (unpaired) electrons. The van der Waals surface area contributed by atoms with Crippen molar-refractivity contribution in [3.63, 3.8) is 0 Å². The number of hydrogen-bond donors (Lipinski definition) is 2. The molecule has 2 aromatic rings. The molecule has 0 spiro atoms. The number of carbonyl (C=O) groups excluding carboxylic acids is 1. The van der Waals surface area contributed by atoms with Gasteiger partial charge in [0.05, 0.1) is 17.7 Å². The minimum Gasteiger partial charge on any atom is -0.395 e. The molecule has 1 aromatic heterocycles. The van der Waals surface area contributed by atoms with Gasteiger partial charge in [0.25, 0.3) is 5.91 Å². The number of para-hydroxylation sites is 1. The number of H-pyrrole nitrogens is 1. The second-order valence-electron chi connectivity index (χ2n) is 4.31. The van der Waals surface area contributed by atoms with E-state index in [1.165, 1.54) is 6.07 Å².